The lowest BCUT2D eigenvalue weighted by atomic mass is 10.1. The highest BCUT2D eigenvalue weighted by Crippen LogP contribution is 2.22. The van der Waals surface area contributed by atoms with Crippen LogP contribution < -0.4 is 4.74 Å². The first-order valence-corrected chi connectivity index (χ1v) is 6.61. The lowest BCUT2D eigenvalue weighted by Gasteiger charge is -2.12. The van der Waals surface area contributed by atoms with E-state index < -0.39 is 0 Å². The van der Waals surface area contributed by atoms with Gasteiger partial charge in [0.2, 0.25) is 5.88 Å². The van der Waals surface area contributed by atoms with Gasteiger partial charge in [0.25, 0.3) is 0 Å². The zero-order chi connectivity index (χ0) is 13.1. The number of hydrogen-bond acceptors (Lipinski definition) is 4. The van der Waals surface area contributed by atoms with Gasteiger partial charge in [-0.05, 0) is 24.5 Å². The summed E-state index contributed by atoms with van der Waals surface area (Å²) >= 11 is 0. The Kier molecular flexibility index (Phi) is 3.62. The van der Waals surface area contributed by atoms with Crippen molar-refractivity contribution in [1.82, 2.24) is 4.98 Å². The highest BCUT2D eigenvalue weighted by Gasteiger charge is 2.16. The molecule has 2 heterocycles. The molecule has 4 heteroatoms. The van der Waals surface area contributed by atoms with Gasteiger partial charge in [0.1, 0.15) is 6.61 Å². The number of para-hydroxylation sites is 1. The summed E-state index contributed by atoms with van der Waals surface area (Å²) < 4.78 is 11.2. The minimum Gasteiger partial charge on any atom is -0.475 e. The fourth-order valence-electron chi connectivity index (χ4n) is 2.38. The van der Waals surface area contributed by atoms with Gasteiger partial charge < -0.3 is 14.6 Å². The van der Waals surface area contributed by atoms with Gasteiger partial charge >= 0.3 is 0 Å². The van der Waals surface area contributed by atoms with Crippen molar-refractivity contribution in [2.75, 3.05) is 13.2 Å². The Balaban J connectivity index is 1.82. The number of nitrogens with zero attached hydrogens (tertiary/aromatic N) is 1. The summed E-state index contributed by atoms with van der Waals surface area (Å²) in [5, 5.41) is 10.4. The van der Waals surface area contributed by atoms with Crippen molar-refractivity contribution >= 4 is 10.9 Å². The van der Waals surface area contributed by atoms with E-state index >= 15 is 0 Å². The maximum absolute atomic E-state index is 9.43. The first-order chi connectivity index (χ1) is 9.36. The summed E-state index contributed by atoms with van der Waals surface area (Å²) in [7, 11) is 0. The highest BCUT2D eigenvalue weighted by molar-refractivity contribution is 5.82. The average Bonchev–Trinajstić information content (AvgIpc) is 2.97. The lowest BCUT2D eigenvalue weighted by Crippen LogP contribution is -2.16. The number of fused-ring (bicyclic) bond motifs is 1. The smallest absolute Gasteiger partial charge is 0.214 e. The van der Waals surface area contributed by atoms with E-state index in [1.54, 1.807) is 6.07 Å². The molecule has 1 unspecified atom stereocenters. The van der Waals surface area contributed by atoms with Gasteiger partial charge in [0.15, 0.2) is 0 Å². The Morgan fingerprint density at radius 1 is 1.37 bits per heavy atom. The van der Waals surface area contributed by atoms with Crippen molar-refractivity contribution < 1.29 is 14.6 Å². The molecule has 1 atom stereocenters. The van der Waals surface area contributed by atoms with Crippen LogP contribution in [0.5, 0.6) is 5.88 Å². The molecule has 19 heavy (non-hydrogen) atoms. The number of aromatic nitrogens is 1. The second-order valence-electron chi connectivity index (χ2n) is 4.74. The van der Waals surface area contributed by atoms with Gasteiger partial charge in [0.05, 0.1) is 18.2 Å². The molecule has 1 aliphatic heterocycles. The molecule has 1 fully saturated rings. The molecule has 2 aromatic rings. The fourth-order valence-corrected chi connectivity index (χ4v) is 2.38. The summed E-state index contributed by atoms with van der Waals surface area (Å²) in [5.74, 6) is 0.554. The topological polar surface area (TPSA) is 51.6 Å². The number of aliphatic hydroxyl groups excluding tert-OH is 1. The molecule has 0 spiro atoms. The quantitative estimate of drug-likeness (QED) is 0.915. The maximum atomic E-state index is 9.43. The van der Waals surface area contributed by atoms with Crippen molar-refractivity contribution in [3.05, 3.63) is 35.9 Å². The van der Waals surface area contributed by atoms with Crippen LogP contribution in [0.15, 0.2) is 30.3 Å². The van der Waals surface area contributed by atoms with Crippen LogP contribution in [0.3, 0.4) is 0 Å². The predicted octanol–water partition coefficient (Wildman–Crippen LogP) is 2.28. The van der Waals surface area contributed by atoms with Gasteiger partial charge in [-0.2, -0.15) is 0 Å². The van der Waals surface area contributed by atoms with Crippen molar-refractivity contribution in [1.29, 1.82) is 0 Å². The SMILES string of the molecule is OCc1cc(OCC2CCCO2)nc2ccccc12. The number of rotatable bonds is 4. The van der Waals surface area contributed by atoms with Gasteiger partial charge in [0, 0.05) is 18.1 Å². The average molecular weight is 259 g/mol. The Morgan fingerprint density at radius 2 is 2.26 bits per heavy atom. The Hall–Kier alpha value is -1.65. The number of benzene rings is 1. The number of hydrogen-bond donors (Lipinski definition) is 1. The van der Waals surface area contributed by atoms with Crippen LogP contribution in [-0.4, -0.2) is 29.4 Å². The zero-order valence-corrected chi connectivity index (χ0v) is 10.7. The van der Waals surface area contributed by atoms with Crippen molar-refractivity contribution in [2.24, 2.45) is 0 Å². The Bertz CT molecular complexity index is 564. The molecule has 0 saturated carbocycles. The van der Waals surface area contributed by atoms with Gasteiger partial charge in [-0.25, -0.2) is 4.98 Å². The molecular formula is C15H17NO3. The molecule has 0 amide bonds. The lowest BCUT2D eigenvalue weighted by molar-refractivity contribution is 0.0664. The maximum Gasteiger partial charge on any atom is 0.214 e. The molecule has 1 aromatic carbocycles. The highest BCUT2D eigenvalue weighted by atomic mass is 16.5. The molecule has 0 aliphatic carbocycles. The minimum absolute atomic E-state index is 0.0146. The van der Waals surface area contributed by atoms with E-state index in [4.69, 9.17) is 9.47 Å². The molecule has 3 rings (SSSR count). The summed E-state index contributed by atoms with van der Waals surface area (Å²) in [4.78, 5) is 4.46. The number of ether oxygens (including phenoxy) is 2. The third kappa shape index (κ3) is 2.69. The number of aliphatic hydroxyl groups is 1. The molecule has 1 aliphatic rings. The van der Waals surface area contributed by atoms with E-state index in [0.29, 0.717) is 12.5 Å². The van der Waals surface area contributed by atoms with E-state index in [0.717, 1.165) is 35.9 Å². The molecular weight excluding hydrogens is 242 g/mol. The van der Waals surface area contributed by atoms with Crippen molar-refractivity contribution in [2.45, 2.75) is 25.6 Å². The van der Waals surface area contributed by atoms with E-state index in [9.17, 15) is 5.11 Å². The number of pyridine rings is 1. The molecule has 4 nitrogen and oxygen atoms in total. The summed E-state index contributed by atoms with van der Waals surface area (Å²) in [6, 6.07) is 9.55. The molecule has 1 saturated heterocycles. The van der Waals surface area contributed by atoms with E-state index in [1.165, 1.54) is 0 Å². The van der Waals surface area contributed by atoms with E-state index in [1.807, 2.05) is 24.3 Å². The zero-order valence-electron chi connectivity index (χ0n) is 10.7. The third-order valence-corrected chi connectivity index (χ3v) is 3.39. The van der Waals surface area contributed by atoms with Crippen LogP contribution in [0.25, 0.3) is 10.9 Å². The molecule has 1 N–H and O–H groups in total. The van der Waals surface area contributed by atoms with E-state index in [2.05, 4.69) is 4.98 Å². The van der Waals surface area contributed by atoms with Crippen LogP contribution in [0, 0.1) is 0 Å². The summed E-state index contributed by atoms with van der Waals surface area (Å²) in [6.07, 6.45) is 2.31. The second-order valence-corrected chi connectivity index (χ2v) is 4.74. The van der Waals surface area contributed by atoms with Crippen LogP contribution >= 0.6 is 0 Å². The molecule has 0 radical (unpaired) electrons. The summed E-state index contributed by atoms with van der Waals surface area (Å²) in [6.45, 7) is 1.33. The first-order valence-electron chi connectivity index (χ1n) is 6.61. The summed E-state index contributed by atoms with van der Waals surface area (Å²) in [5.41, 5.74) is 1.68. The normalized spacial score (nSPS) is 18.9. The minimum atomic E-state index is -0.0146. The Morgan fingerprint density at radius 3 is 3.05 bits per heavy atom. The van der Waals surface area contributed by atoms with E-state index in [-0.39, 0.29) is 12.7 Å². The van der Waals surface area contributed by atoms with Gasteiger partial charge in [-0.15, -0.1) is 0 Å². The van der Waals surface area contributed by atoms with Crippen LogP contribution in [0.2, 0.25) is 0 Å². The third-order valence-electron chi connectivity index (χ3n) is 3.39. The first kappa shape index (κ1) is 12.4. The largest absolute Gasteiger partial charge is 0.475 e. The second kappa shape index (κ2) is 5.55. The van der Waals surface area contributed by atoms with Gasteiger partial charge in [-0.3, -0.25) is 0 Å². The van der Waals surface area contributed by atoms with Gasteiger partial charge in [-0.1, -0.05) is 18.2 Å². The van der Waals surface area contributed by atoms with Crippen molar-refractivity contribution in [3.63, 3.8) is 0 Å². The van der Waals surface area contributed by atoms with Crippen LogP contribution in [0.1, 0.15) is 18.4 Å². The Labute approximate surface area is 112 Å². The van der Waals surface area contributed by atoms with Crippen LogP contribution in [0.4, 0.5) is 0 Å². The van der Waals surface area contributed by atoms with Crippen molar-refractivity contribution in [3.8, 4) is 5.88 Å². The fraction of sp³-hybridized carbons (Fsp3) is 0.400. The monoisotopic (exact) mass is 259 g/mol. The standard InChI is InChI=1S/C15H17NO3/c17-9-11-8-15(19-10-12-4-3-7-18-12)16-14-6-2-1-5-13(11)14/h1-2,5-6,8,12,17H,3-4,7,9-10H2. The predicted molar refractivity (Wildman–Crippen MR) is 72.1 cm³/mol. The van der Waals surface area contributed by atoms with Crippen LogP contribution in [-0.2, 0) is 11.3 Å². The molecule has 0 bridgehead atoms. The molecule has 1 aromatic heterocycles. The molecule has 100 valence electrons.